The minimum Gasteiger partial charge on any atom is -0.508 e. The highest BCUT2D eigenvalue weighted by Crippen LogP contribution is 2.39. The molecule has 16 heteroatoms. The lowest BCUT2D eigenvalue weighted by Gasteiger charge is -2.42. The third kappa shape index (κ3) is 5.67. The van der Waals surface area contributed by atoms with Gasteiger partial charge in [-0.3, -0.25) is 4.79 Å². The van der Waals surface area contributed by atoms with E-state index in [1.54, 1.807) is 0 Å². The maximum absolute atomic E-state index is 13.6. The zero-order chi connectivity index (χ0) is 31.3. The predicted octanol–water partition coefficient (Wildman–Crippen LogP) is -1.69. The first-order valence-electron chi connectivity index (χ1n) is 13.0. The molecule has 43 heavy (non-hydrogen) atoms. The van der Waals surface area contributed by atoms with Gasteiger partial charge in [-0.25, -0.2) is 0 Å². The van der Waals surface area contributed by atoms with Gasteiger partial charge in [0.15, 0.2) is 23.5 Å². The third-order valence-corrected chi connectivity index (χ3v) is 7.29. The normalized spacial score (nSPS) is 33.0. The van der Waals surface area contributed by atoms with E-state index in [9.17, 15) is 55.9 Å². The highest BCUT2D eigenvalue weighted by molar-refractivity contribution is 5.88. The number of hydrogen-bond donors (Lipinski definition) is 10. The lowest BCUT2D eigenvalue weighted by atomic mass is 9.98. The molecule has 10 N–H and O–H groups in total. The third-order valence-electron chi connectivity index (χ3n) is 7.29. The Kier molecular flexibility index (Phi) is 8.41. The second-order valence-electron chi connectivity index (χ2n) is 10.3. The van der Waals surface area contributed by atoms with Crippen LogP contribution in [-0.2, 0) is 14.2 Å². The maximum atomic E-state index is 13.6. The van der Waals surface area contributed by atoms with Gasteiger partial charge in [-0.05, 0) is 25.1 Å². The second-order valence-corrected chi connectivity index (χ2v) is 10.3. The van der Waals surface area contributed by atoms with Crippen LogP contribution in [0.2, 0.25) is 0 Å². The summed E-state index contributed by atoms with van der Waals surface area (Å²) in [5.41, 5.74) is -1.35. The van der Waals surface area contributed by atoms with E-state index in [1.165, 1.54) is 13.0 Å². The molecule has 0 amide bonds. The maximum Gasteiger partial charge on any atom is 0.239 e. The SMILES string of the molecule is C[C@@H]1O[C@@H](OC[C@@H]2O[C@H](Oc3c(-c4ccc(O)c(O)c4)oc4cc(O)cc(O)c4c3=O)[C@@H](O)[C@H](O)[C@@H]2O)[C@@H](O)[C@@H](O)[C@H]1O. The highest BCUT2D eigenvalue weighted by Gasteiger charge is 2.47. The van der Waals surface area contributed by atoms with E-state index in [0.29, 0.717) is 0 Å². The van der Waals surface area contributed by atoms with Crippen molar-refractivity contribution in [2.24, 2.45) is 0 Å². The zero-order valence-corrected chi connectivity index (χ0v) is 22.3. The molecule has 0 spiro atoms. The Bertz CT molecular complexity index is 1540. The largest absolute Gasteiger partial charge is 0.508 e. The van der Waals surface area contributed by atoms with Crippen molar-refractivity contribution in [1.82, 2.24) is 0 Å². The summed E-state index contributed by atoms with van der Waals surface area (Å²) in [6.07, 6.45) is -16.2. The van der Waals surface area contributed by atoms with Crippen LogP contribution in [0.3, 0.4) is 0 Å². The van der Waals surface area contributed by atoms with E-state index in [2.05, 4.69) is 0 Å². The van der Waals surface area contributed by atoms with E-state index >= 15 is 0 Å². The summed E-state index contributed by atoms with van der Waals surface area (Å²) in [5.74, 6) is -3.33. The van der Waals surface area contributed by atoms with Gasteiger partial charge >= 0.3 is 0 Å². The summed E-state index contributed by atoms with van der Waals surface area (Å²) in [6.45, 7) is 0.818. The number of aromatic hydroxyl groups is 4. The standard InChI is InChI=1S/C27H30O16/c1-8-17(32)20(35)22(37)26(40-8)39-7-15-18(33)21(36)23(38)27(42-15)43-25-19(34)16-13(31)5-10(28)6-14(16)41-24(25)9-2-3-11(29)12(30)4-9/h2-6,8,15,17-18,20-23,26-33,35-38H,7H2,1H3/t8-,15-,17-,18+,20-,21+,22-,23-,26+,27+/m0/s1. The van der Waals surface area contributed by atoms with Crippen molar-refractivity contribution in [3.8, 4) is 40.1 Å². The Labute approximate surface area is 241 Å². The van der Waals surface area contributed by atoms with Crippen molar-refractivity contribution < 1.29 is 74.4 Å². The van der Waals surface area contributed by atoms with Crippen LogP contribution in [0.4, 0.5) is 0 Å². The molecule has 10 atom stereocenters. The van der Waals surface area contributed by atoms with E-state index in [-0.39, 0.29) is 11.1 Å². The summed E-state index contributed by atoms with van der Waals surface area (Å²) in [6, 6.07) is 5.24. The summed E-state index contributed by atoms with van der Waals surface area (Å²) in [4.78, 5) is 13.6. The molecule has 2 aliphatic heterocycles. The first-order chi connectivity index (χ1) is 20.3. The van der Waals surface area contributed by atoms with Crippen molar-refractivity contribution in [3.63, 3.8) is 0 Å². The van der Waals surface area contributed by atoms with Crippen molar-refractivity contribution in [2.75, 3.05) is 6.61 Å². The molecule has 3 aromatic rings. The summed E-state index contributed by atoms with van der Waals surface area (Å²) in [7, 11) is 0. The first-order valence-corrected chi connectivity index (χ1v) is 13.0. The van der Waals surface area contributed by atoms with Crippen LogP contribution in [0.5, 0.6) is 28.7 Å². The van der Waals surface area contributed by atoms with Crippen LogP contribution in [0.25, 0.3) is 22.3 Å². The highest BCUT2D eigenvalue weighted by atomic mass is 16.7. The van der Waals surface area contributed by atoms with Crippen LogP contribution >= 0.6 is 0 Å². The molecule has 5 rings (SSSR count). The van der Waals surface area contributed by atoms with Crippen molar-refractivity contribution in [2.45, 2.75) is 68.3 Å². The smallest absolute Gasteiger partial charge is 0.239 e. The fraction of sp³-hybridized carbons (Fsp3) is 0.444. The molecule has 0 saturated carbocycles. The van der Waals surface area contributed by atoms with Crippen LogP contribution in [-0.4, -0.2) is 119 Å². The number of phenolic OH excluding ortho intramolecular Hbond substituents is 4. The monoisotopic (exact) mass is 610 g/mol. The average Bonchev–Trinajstić information content (AvgIpc) is 2.96. The molecule has 0 unspecified atom stereocenters. The summed E-state index contributed by atoms with van der Waals surface area (Å²) in [5, 5.41) is 101. The Morgan fingerprint density at radius 3 is 2.12 bits per heavy atom. The molecule has 2 aliphatic rings. The predicted molar refractivity (Wildman–Crippen MR) is 140 cm³/mol. The molecule has 1 aromatic heterocycles. The number of benzene rings is 2. The van der Waals surface area contributed by atoms with Crippen LogP contribution in [0.1, 0.15) is 6.92 Å². The Balaban J connectivity index is 1.48. The molecule has 16 nitrogen and oxygen atoms in total. The van der Waals surface area contributed by atoms with Crippen LogP contribution < -0.4 is 10.2 Å². The molecule has 0 radical (unpaired) electrons. The minimum absolute atomic E-state index is 0.0313. The van der Waals surface area contributed by atoms with E-state index in [4.69, 9.17) is 23.4 Å². The Morgan fingerprint density at radius 1 is 0.744 bits per heavy atom. The fourth-order valence-electron chi connectivity index (χ4n) is 4.84. The Hall–Kier alpha value is -3.71. The number of aliphatic hydroxyl groups excluding tert-OH is 6. The van der Waals surface area contributed by atoms with Gasteiger partial charge in [0.25, 0.3) is 0 Å². The van der Waals surface area contributed by atoms with Crippen LogP contribution in [0.15, 0.2) is 39.5 Å². The molecular weight excluding hydrogens is 580 g/mol. The molecule has 2 saturated heterocycles. The van der Waals surface area contributed by atoms with Crippen molar-refractivity contribution >= 4 is 11.0 Å². The molecular formula is C27H30O16. The zero-order valence-electron chi connectivity index (χ0n) is 22.3. The minimum atomic E-state index is -1.97. The lowest BCUT2D eigenvalue weighted by Crippen LogP contribution is -2.61. The molecule has 234 valence electrons. The van der Waals surface area contributed by atoms with Gasteiger partial charge in [-0.15, -0.1) is 0 Å². The van der Waals surface area contributed by atoms with Crippen molar-refractivity contribution in [3.05, 3.63) is 40.6 Å². The topological polar surface area (TPSA) is 269 Å². The van der Waals surface area contributed by atoms with Gasteiger partial charge in [0, 0.05) is 17.7 Å². The van der Waals surface area contributed by atoms with Gasteiger partial charge in [0.05, 0.1) is 12.7 Å². The molecule has 3 heterocycles. The van der Waals surface area contributed by atoms with Gasteiger partial charge < -0.3 is 74.4 Å². The number of fused-ring (bicyclic) bond motifs is 1. The van der Waals surface area contributed by atoms with E-state index in [1.807, 2.05) is 0 Å². The van der Waals surface area contributed by atoms with Crippen molar-refractivity contribution in [1.29, 1.82) is 0 Å². The summed E-state index contributed by atoms with van der Waals surface area (Å²) < 4.78 is 27.8. The van der Waals surface area contributed by atoms with Gasteiger partial charge in [0.2, 0.25) is 17.5 Å². The fourth-order valence-corrected chi connectivity index (χ4v) is 4.84. The molecule has 0 aliphatic carbocycles. The second kappa shape index (κ2) is 11.8. The van der Waals surface area contributed by atoms with Gasteiger partial charge in [-0.2, -0.15) is 0 Å². The number of phenols is 4. The quantitative estimate of drug-likeness (QED) is 0.140. The number of rotatable bonds is 6. The van der Waals surface area contributed by atoms with Gasteiger partial charge in [0.1, 0.15) is 65.2 Å². The average molecular weight is 611 g/mol. The van der Waals surface area contributed by atoms with E-state index < -0.39 is 113 Å². The number of aliphatic hydroxyl groups is 6. The van der Waals surface area contributed by atoms with Crippen LogP contribution in [0, 0.1) is 0 Å². The number of ether oxygens (including phenoxy) is 4. The number of hydrogen-bond acceptors (Lipinski definition) is 16. The Morgan fingerprint density at radius 2 is 1.42 bits per heavy atom. The lowest BCUT2D eigenvalue weighted by molar-refractivity contribution is -0.318. The summed E-state index contributed by atoms with van der Waals surface area (Å²) >= 11 is 0. The van der Waals surface area contributed by atoms with Gasteiger partial charge in [-0.1, -0.05) is 0 Å². The molecule has 2 aromatic carbocycles. The molecule has 2 fully saturated rings. The first kappa shape index (κ1) is 30.7. The van der Waals surface area contributed by atoms with E-state index in [0.717, 1.165) is 24.3 Å². The molecule has 0 bridgehead atoms.